The van der Waals surface area contributed by atoms with Gasteiger partial charge >= 0.3 is 0 Å². The number of aromatic nitrogens is 1. The van der Waals surface area contributed by atoms with Gasteiger partial charge in [-0.2, -0.15) is 0 Å². The van der Waals surface area contributed by atoms with Gasteiger partial charge in [-0.3, -0.25) is 0 Å². The van der Waals surface area contributed by atoms with Gasteiger partial charge in [-0.05, 0) is 24.8 Å². The predicted molar refractivity (Wildman–Crippen MR) is 68.8 cm³/mol. The molecule has 1 saturated carbocycles. The first kappa shape index (κ1) is 11.2. The van der Waals surface area contributed by atoms with E-state index in [4.69, 9.17) is 0 Å². The average molecular weight is 219 g/mol. The molecule has 2 N–H and O–H groups in total. The Kier molecular flexibility index (Phi) is 3.65. The molecule has 1 aromatic rings. The molecule has 2 rings (SSSR count). The Bertz CT molecular complexity index is 334. The van der Waals surface area contributed by atoms with Gasteiger partial charge in [0.25, 0.3) is 0 Å². The third-order valence-electron chi connectivity index (χ3n) is 3.19. The molecule has 3 nitrogen and oxygen atoms in total. The highest BCUT2D eigenvalue weighted by Gasteiger charge is 2.24. The highest BCUT2D eigenvalue weighted by atomic mass is 15.0. The molecule has 0 bridgehead atoms. The lowest BCUT2D eigenvalue weighted by atomic mass is 10.1. The first-order valence-electron chi connectivity index (χ1n) is 6.22. The van der Waals surface area contributed by atoms with E-state index in [9.17, 15) is 0 Å². The van der Waals surface area contributed by atoms with Crippen LogP contribution in [0.5, 0.6) is 0 Å². The van der Waals surface area contributed by atoms with E-state index in [0.29, 0.717) is 6.04 Å². The molecule has 3 heteroatoms. The molecule has 1 heterocycles. The minimum absolute atomic E-state index is 0.611. The molecule has 0 aliphatic heterocycles. The van der Waals surface area contributed by atoms with E-state index >= 15 is 0 Å². The fourth-order valence-electron chi connectivity index (χ4n) is 1.98. The van der Waals surface area contributed by atoms with E-state index in [0.717, 1.165) is 11.7 Å². The molecule has 0 amide bonds. The molecular formula is C13H21N3. The summed E-state index contributed by atoms with van der Waals surface area (Å²) in [4.78, 5) is 4.21. The van der Waals surface area contributed by atoms with Gasteiger partial charge in [-0.15, -0.1) is 0 Å². The molecule has 1 aliphatic rings. The molecule has 1 aromatic heterocycles. The summed E-state index contributed by atoms with van der Waals surface area (Å²) in [6.45, 7) is 2.25. The lowest BCUT2D eigenvalue weighted by molar-refractivity contribution is 0.587. The minimum Gasteiger partial charge on any atom is -0.382 e. The maximum atomic E-state index is 4.21. The van der Waals surface area contributed by atoms with Gasteiger partial charge < -0.3 is 10.6 Å². The summed E-state index contributed by atoms with van der Waals surface area (Å²) in [6, 6.07) is 4.71. The number of rotatable bonds is 6. The molecule has 1 aliphatic carbocycles. The summed E-state index contributed by atoms with van der Waals surface area (Å²) in [7, 11) is 1.90. The van der Waals surface area contributed by atoms with Gasteiger partial charge in [-0.1, -0.05) is 19.8 Å². The molecule has 0 aromatic carbocycles. The van der Waals surface area contributed by atoms with E-state index < -0.39 is 0 Å². The third kappa shape index (κ3) is 3.12. The summed E-state index contributed by atoms with van der Waals surface area (Å²) < 4.78 is 0. The Labute approximate surface area is 97.7 Å². The Morgan fingerprint density at radius 1 is 1.50 bits per heavy atom. The summed E-state index contributed by atoms with van der Waals surface area (Å²) in [5.74, 6) is 1.90. The predicted octanol–water partition coefficient (Wildman–Crippen LogP) is 3.11. The Balaban J connectivity index is 1.94. The zero-order valence-electron chi connectivity index (χ0n) is 10.2. The Morgan fingerprint density at radius 3 is 2.94 bits per heavy atom. The molecule has 0 saturated heterocycles. The van der Waals surface area contributed by atoms with E-state index in [1.165, 1.54) is 31.4 Å². The van der Waals surface area contributed by atoms with Crippen molar-refractivity contribution in [1.29, 1.82) is 0 Å². The summed E-state index contributed by atoms with van der Waals surface area (Å²) in [5, 5.41) is 6.66. The van der Waals surface area contributed by atoms with Crippen LogP contribution in [0, 0.1) is 5.92 Å². The van der Waals surface area contributed by atoms with Gasteiger partial charge in [0.15, 0.2) is 0 Å². The van der Waals surface area contributed by atoms with Crippen molar-refractivity contribution in [2.24, 2.45) is 5.92 Å². The van der Waals surface area contributed by atoms with Crippen LogP contribution >= 0.6 is 0 Å². The van der Waals surface area contributed by atoms with Crippen molar-refractivity contribution >= 4 is 11.5 Å². The summed E-state index contributed by atoms with van der Waals surface area (Å²) >= 11 is 0. The molecule has 0 radical (unpaired) electrons. The van der Waals surface area contributed by atoms with Crippen LogP contribution < -0.4 is 10.6 Å². The molecule has 0 spiro atoms. The van der Waals surface area contributed by atoms with Crippen LogP contribution in [0.1, 0.15) is 32.6 Å². The largest absolute Gasteiger partial charge is 0.382 e. The van der Waals surface area contributed by atoms with Gasteiger partial charge in [0.05, 0.1) is 0 Å². The third-order valence-corrected chi connectivity index (χ3v) is 3.19. The van der Waals surface area contributed by atoms with Crippen LogP contribution in [0.25, 0.3) is 0 Å². The van der Waals surface area contributed by atoms with Gasteiger partial charge in [0, 0.05) is 31.0 Å². The lowest BCUT2D eigenvalue weighted by Crippen LogP contribution is -2.19. The van der Waals surface area contributed by atoms with Crippen molar-refractivity contribution < 1.29 is 0 Å². The lowest BCUT2D eigenvalue weighted by Gasteiger charge is -2.18. The standard InChI is InChI=1S/C13H21N3/c1-3-11(8-10-4-5-10)16-12-6-7-15-13(9-12)14-2/h6-7,9-11H,3-5,8H2,1-2H3,(H2,14,15,16). The second-order valence-electron chi connectivity index (χ2n) is 4.61. The summed E-state index contributed by atoms with van der Waals surface area (Å²) in [6.07, 6.45) is 7.20. The number of anilines is 2. The number of hydrogen-bond donors (Lipinski definition) is 2. The fourth-order valence-corrected chi connectivity index (χ4v) is 1.98. The first-order chi connectivity index (χ1) is 7.81. The maximum absolute atomic E-state index is 4.21. The number of nitrogens with zero attached hydrogens (tertiary/aromatic N) is 1. The Morgan fingerprint density at radius 2 is 2.31 bits per heavy atom. The van der Waals surface area contributed by atoms with Crippen LogP contribution in [-0.4, -0.2) is 18.1 Å². The Hall–Kier alpha value is -1.25. The van der Waals surface area contributed by atoms with Crippen molar-refractivity contribution in [3.8, 4) is 0 Å². The molecular weight excluding hydrogens is 198 g/mol. The van der Waals surface area contributed by atoms with Crippen LogP contribution in [0.2, 0.25) is 0 Å². The fraction of sp³-hybridized carbons (Fsp3) is 0.615. The van der Waals surface area contributed by atoms with Crippen molar-refractivity contribution in [3.05, 3.63) is 18.3 Å². The quantitative estimate of drug-likeness (QED) is 0.772. The van der Waals surface area contributed by atoms with Crippen molar-refractivity contribution in [2.75, 3.05) is 17.7 Å². The molecule has 1 atom stereocenters. The van der Waals surface area contributed by atoms with Gasteiger partial charge in [-0.25, -0.2) is 4.98 Å². The second-order valence-corrected chi connectivity index (χ2v) is 4.61. The van der Waals surface area contributed by atoms with Gasteiger partial charge in [0.1, 0.15) is 5.82 Å². The van der Waals surface area contributed by atoms with E-state index in [1.807, 2.05) is 19.3 Å². The van der Waals surface area contributed by atoms with Crippen LogP contribution in [-0.2, 0) is 0 Å². The van der Waals surface area contributed by atoms with Crippen molar-refractivity contribution in [3.63, 3.8) is 0 Å². The first-order valence-corrected chi connectivity index (χ1v) is 6.22. The maximum Gasteiger partial charge on any atom is 0.127 e. The van der Waals surface area contributed by atoms with Crippen LogP contribution in [0.4, 0.5) is 11.5 Å². The molecule has 1 unspecified atom stereocenters. The number of nitrogens with one attached hydrogen (secondary N) is 2. The SMILES string of the molecule is CCC(CC1CC1)Nc1ccnc(NC)c1. The normalized spacial score (nSPS) is 16.9. The van der Waals surface area contributed by atoms with Crippen molar-refractivity contribution in [2.45, 2.75) is 38.6 Å². The number of pyridine rings is 1. The highest BCUT2D eigenvalue weighted by molar-refractivity contribution is 5.52. The molecule has 1 fully saturated rings. The minimum atomic E-state index is 0.611. The van der Waals surface area contributed by atoms with E-state index in [-0.39, 0.29) is 0 Å². The van der Waals surface area contributed by atoms with Crippen molar-refractivity contribution in [1.82, 2.24) is 4.98 Å². The highest BCUT2D eigenvalue weighted by Crippen LogP contribution is 2.34. The average Bonchev–Trinajstić information content (AvgIpc) is 3.12. The molecule has 88 valence electrons. The zero-order chi connectivity index (χ0) is 11.4. The zero-order valence-corrected chi connectivity index (χ0v) is 10.2. The topological polar surface area (TPSA) is 37.0 Å². The number of hydrogen-bond acceptors (Lipinski definition) is 3. The van der Waals surface area contributed by atoms with E-state index in [2.05, 4.69) is 28.6 Å². The molecule has 16 heavy (non-hydrogen) atoms. The van der Waals surface area contributed by atoms with E-state index in [1.54, 1.807) is 0 Å². The second kappa shape index (κ2) is 5.19. The summed E-state index contributed by atoms with van der Waals surface area (Å²) in [5.41, 5.74) is 1.17. The monoisotopic (exact) mass is 219 g/mol. The van der Waals surface area contributed by atoms with Crippen LogP contribution in [0.3, 0.4) is 0 Å². The van der Waals surface area contributed by atoms with Gasteiger partial charge in [0.2, 0.25) is 0 Å². The smallest absolute Gasteiger partial charge is 0.127 e. The van der Waals surface area contributed by atoms with Crippen LogP contribution in [0.15, 0.2) is 18.3 Å².